The van der Waals surface area contributed by atoms with Crippen LogP contribution in [-0.4, -0.2) is 10.4 Å². The van der Waals surface area contributed by atoms with Gasteiger partial charge in [-0.2, -0.15) is 0 Å². The van der Waals surface area contributed by atoms with Crippen molar-refractivity contribution in [3.05, 3.63) is 24.3 Å². The summed E-state index contributed by atoms with van der Waals surface area (Å²) in [5.41, 5.74) is 0. The first-order valence-electron chi connectivity index (χ1n) is 6.24. The quantitative estimate of drug-likeness (QED) is 0.836. The van der Waals surface area contributed by atoms with Crippen LogP contribution in [0.2, 0.25) is 0 Å². The maximum absolute atomic E-state index is 9.74. The Morgan fingerprint density at radius 2 is 2.12 bits per heavy atom. The van der Waals surface area contributed by atoms with Crippen LogP contribution in [0.25, 0.3) is 0 Å². The largest absolute Gasteiger partial charge is 0.507 e. The van der Waals surface area contributed by atoms with Crippen LogP contribution in [0.5, 0.6) is 5.75 Å². The molecule has 2 heteroatoms. The third kappa shape index (κ3) is 2.94. The van der Waals surface area contributed by atoms with Gasteiger partial charge in [-0.15, -0.1) is 11.8 Å². The Kier molecular flexibility index (Phi) is 4.16. The van der Waals surface area contributed by atoms with E-state index in [1.165, 1.54) is 32.1 Å². The summed E-state index contributed by atoms with van der Waals surface area (Å²) in [6, 6.07) is 7.69. The molecule has 1 saturated carbocycles. The van der Waals surface area contributed by atoms with E-state index in [-0.39, 0.29) is 0 Å². The van der Waals surface area contributed by atoms with E-state index in [2.05, 4.69) is 6.92 Å². The number of aromatic hydroxyl groups is 1. The van der Waals surface area contributed by atoms with Gasteiger partial charge in [-0.1, -0.05) is 38.3 Å². The van der Waals surface area contributed by atoms with Crippen molar-refractivity contribution in [3.8, 4) is 5.75 Å². The average molecular weight is 236 g/mol. The van der Waals surface area contributed by atoms with Crippen molar-refractivity contribution in [3.63, 3.8) is 0 Å². The molecule has 1 aliphatic carbocycles. The molecular weight excluding hydrogens is 216 g/mol. The van der Waals surface area contributed by atoms with Gasteiger partial charge in [0.2, 0.25) is 0 Å². The fraction of sp³-hybridized carbons (Fsp3) is 0.571. The number of rotatable bonds is 3. The second-order valence-electron chi connectivity index (χ2n) is 4.65. The molecule has 2 atom stereocenters. The summed E-state index contributed by atoms with van der Waals surface area (Å²) in [7, 11) is 0. The van der Waals surface area contributed by atoms with E-state index >= 15 is 0 Å². The molecule has 0 aliphatic heterocycles. The van der Waals surface area contributed by atoms with Gasteiger partial charge < -0.3 is 5.11 Å². The second kappa shape index (κ2) is 5.62. The van der Waals surface area contributed by atoms with Crippen LogP contribution in [-0.2, 0) is 0 Å². The van der Waals surface area contributed by atoms with E-state index in [1.54, 1.807) is 6.07 Å². The van der Waals surface area contributed by atoms with Crippen LogP contribution in [0.3, 0.4) is 0 Å². The van der Waals surface area contributed by atoms with Crippen molar-refractivity contribution < 1.29 is 5.11 Å². The summed E-state index contributed by atoms with van der Waals surface area (Å²) in [6.45, 7) is 2.29. The zero-order valence-electron chi connectivity index (χ0n) is 9.86. The summed E-state index contributed by atoms with van der Waals surface area (Å²) in [5, 5.41) is 10.4. The molecule has 1 fully saturated rings. The molecule has 1 aromatic rings. The highest BCUT2D eigenvalue weighted by molar-refractivity contribution is 8.00. The first kappa shape index (κ1) is 11.8. The minimum atomic E-state index is 0.436. The normalized spacial score (nSPS) is 25.6. The van der Waals surface area contributed by atoms with Crippen LogP contribution in [0.1, 0.15) is 39.0 Å². The highest BCUT2D eigenvalue weighted by Gasteiger charge is 2.22. The number of hydrogen-bond donors (Lipinski definition) is 1. The van der Waals surface area contributed by atoms with E-state index in [9.17, 15) is 5.11 Å². The molecular formula is C14H20OS. The summed E-state index contributed by atoms with van der Waals surface area (Å²) >= 11 is 1.86. The van der Waals surface area contributed by atoms with Crippen molar-refractivity contribution in [1.82, 2.24) is 0 Å². The molecule has 16 heavy (non-hydrogen) atoms. The maximum atomic E-state index is 9.74. The lowest BCUT2D eigenvalue weighted by Crippen LogP contribution is -2.16. The topological polar surface area (TPSA) is 20.2 Å². The predicted molar refractivity (Wildman–Crippen MR) is 70.0 cm³/mol. The lowest BCUT2D eigenvalue weighted by molar-refractivity contribution is 0.357. The molecule has 0 amide bonds. The van der Waals surface area contributed by atoms with E-state index < -0.39 is 0 Å². The van der Waals surface area contributed by atoms with Gasteiger partial charge in [-0.05, 0) is 30.9 Å². The highest BCUT2D eigenvalue weighted by atomic mass is 32.2. The molecule has 1 N–H and O–H groups in total. The Morgan fingerprint density at radius 1 is 1.31 bits per heavy atom. The van der Waals surface area contributed by atoms with Crippen molar-refractivity contribution in [1.29, 1.82) is 0 Å². The Hall–Kier alpha value is -0.630. The first-order chi connectivity index (χ1) is 7.79. The summed E-state index contributed by atoms with van der Waals surface area (Å²) < 4.78 is 0. The van der Waals surface area contributed by atoms with Crippen molar-refractivity contribution in [2.24, 2.45) is 5.92 Å². The minimum absolute atomic E-state index is 0.436. The standard InChI is InChI=1S/C14H20OS/c1-2-11-6-5-7-12(10-11)16-14-9-4-3-8-13(14)15/h3-4,8-9,11-12,15H,2,5-7,10H2,1H3. The number of benzene rings is 1. The zero-order valence-corrected chi connectivity index (χ0v) is 10.7. The molecule has 0 aromatic heterocycles. The third-order valence-electron chi connectivity index (χ3n) is 3.47. The lowest BCUT2D eigenvalue weighted by Gasteiger charge is -2.28. The molecule has 2 rings (SSSR count). The zero-order chi connectivity index (χ0) is 11.4. The fourth-order valence-electron chi connectivity index (χ4n) is 2.46. The van der Waals surface area contributed by atoms with Gasteiger partial charge in [0, 0.05) is 10.1 Å². The maximum Gasteiger partial charge on any atom is 0.129 e. The fourth-order valence-corrected chi connectivity index (χ4v) is 3.81. The molecule has 0 heterocycles. The average Bonchev–Trinajstić information content (AvgIpc) is 2.32. The van der Waals surface area contributed by atoms with Crippen molar-refractivity contribution >= 4 is 11.8 Å². The molecule has 1 aliphatic rings. The molecule has 0 saturated heterocycles. The number of para-hydroxylation sites is 1. The third-order valence-corrected chi connectivity index (χ3v) is 4.83. The number of thioether (sulfide) groups is 1. The monoisotopic (exact) mass is 236 g/mol. The molecule has 2 unspecified atom stereocenters. The van der Waals surface area contributed by atoms with Gasteiger partial charge in [0.05, 0.1) is 0 Å². The van der Waals surface area contributed by atoms with Crippen molar-refractivity contribution in [2.75, 3.05) is 0 Å². The smallest absolute Gasteiger partial charge is 0.129 e. The van der Waals surface area contributed by atoms with Crippen LogP contribution >= 0.6 is 11.8 Å². The molecule has 0 bridgehead atoms. The van der Waals surface area contributed by atoms with E-state index in [0.29, 0.717) is 11.0 Å². The number of phenolic OH excluding ortho intramolecular Hbond substituents is 1. The Morgan fingerprint density at radius 3 is 2.88 bits per heavy atom. The van der Waals surface area contributed by atoms with Crippen LogP contribution < -0.4 is 0 Å². The van der Waals surface area contributed by atoms with E-state index in [0.717, 1.165) is 10.8 Å². The lowest BCUT2D eigenvalue weighted by atomic mass is 9.87. The van der Waals surface area contributed by atoms with Gasteiger partial charge in [0.25, 0.3) is 0 Å². The van der Waals surface area contributed by atoms with Crippen LogP contribution in [0.4, 0.5) is 0 Å². The first-order valence-corrected chi connectivity index (χ1v) is 7.12. The minimum Gasteiger partial charge on any atom is -0.507 e. The van der Waals surface area contributed by atoms with Crippen molar-refractivity contribution in [2.45, 2.75) is 49.2 Å². The Bertz CT molecular complexity index is 337. The number of phenols is 1. The SMILES string of the molecule is CCC1CCCC(Sc2ccccc2O)C1. The van der Waals surface area contributed by atoms with Gasteiger partial charge in [-0.3, -0.25) is 0 Å². The predicted octanol–water partition coefficient (Wildman–Crippen LogP) is 4.45. The molecule has 0 radical (unpaired) electrons. The molecule has 1 aromatic carbocycles. The molecule has 1 nitrogen and oxygen atoms in total. The summed E-state index contributed by atoms with van der Waals surface area (Å²) in [5.74, 6) is 1.34. The van der Waals surface area contributed by atoms with Crippen LogP contribution in [0.15, 0.2) is 29.2 Å². The molecule has 88 valence electrons. The van der Waals surface area contributed by atoms with Gasteiger partial charge in [0.1, 0.15) is 5.75 Å². The Balaban J connectivity index is 1.97. The van der Waals surface area contributed by atoms with Gasteiger partial charge in [0.15, 0.2) is 0 Å². The summed E-state index contributed by atoms with van der Waals surface area (Å²) in [4.78, 5) is 1.05. The highest BCUT2D eigenvalue weighted by Crippen LogP contribution is 2.39. The van der Waals surface area contributed by atoms with Gasteiger partial charge in [-0.25, -0.2) is 0 Å². The molecule has 0 spiro atoms. The van der Waals surface area contributed by atoms with Crippen LogP contribution in [0, 0.1) is 5.92 Å². The van der Waals surface area contributed by atoms with E-state index in [4.69, 9.17) is 0 Å². The summed E-state index contributed by atoms with van der Waals surface area (Å²) in [6.07, 6.45) is 6.67. The van der Waals surface area contributed by atoms with E-state index in [1.807, 2.05) is 30.0 Å². The second-order valence-corrected chi connectivity index (χ2v) is 5.99. The van der Waals surface area contributed by atoms with Gasteiger partial charge >= 0.3 is 0 Å². The Labute approximate surface area is 102 Å². The number of hydrogen-bond acceptors (Lipinski definition) is 2.